The van der Waals surface area contributed by atoms with E-state index in [1.807, 2.05) is 36.7 Å². The summed E-state index contributed by atoms with van der Waals surface area (Å²) in [5, 5.41) is 3.14. The fraction of sp³-hybridized carbons (Fsp3) is 0.524. The lowest BCUT2D eigenvalue weighted by Crippen LogP contribution is -2.35. The molecule has 1 fully saturated rings. The lowest BCUT2D eigenvalue weighted by Gasteiger charge is -2.25. The average molecular weight is 420 g/mol. The number of morpholine rings is 1. The zero-order valence-electron chi connectivity index (χ0n) is 17.1. The number of methoxy groups -OCH3 is 1. The van der Waals surface area contributed by atoms with Gasteiger partial charge in [-0.15, -0.1) is 11.3 Å². The Morgan fingerprint density at radius 3 is 2.69 bits per heavy atom. The summed E-state index contributed by atoms with van der Waals surface area (Å²) < 4.78 is 16.2. The number of rotatable bonds is 10. The second-order valence-electron chi connectivity index (χ2n) is 7.00. The highest BCUT2D eigenvalue weighted by molar-refractivity contribution is 7.09. The monoisotopic (exact) mass is 419 g/mol. The van der Waals surface area contributed by atoms with E-state index in [2.05, 4.69) is 9.88 Å². The summed E-state index contributed by atoms with van der Waals surface area (Å²) >= 11 is 1.66. The molecule has 2 aromatic rings. The molecule has 158 valence electrons. The maximum Gasteiger partial charge on any atom is 0.222 e. The smallest absolute Gasteiger partial charge is 0.222 e. The first kappa shape index (κ1) is 21.5. The summed E-state index contributed by atoms with van der Waals surface area (Å²) in [6, 6.07) is 7.44. The summed E-state index contributed by atoms with van der Waals surface area (Å²) in [6.07, 6.45) is 1.13. The zero-order chi connectivity index (χ0) is 20.5. The van der Waals surface area contributed by atoms with Crippen molar-refractivity contribution < 1.29 is 19.0 Å². The van der Waals surface area contributed by atoms with Crippen molar-refractivity contribution >= 4 is 17.2 Å². The predicted molar refractivity (Wildman–Crippen MR) is 112 cm³/mol. The van der Waals surface area contributed by atoms with Crippen LogP contribution in [-0.4, -0.2) is 67.8 Å². The van der Waals surface area contributed by atoms with Gasteiger partial charge in [-0.2, -0.15) is 0 Å². The third-order valence-electron chi connectivity index (χ3n) is 4.75. The summed E-state index contributed by atoms with van der Waals surface area (Å²) in [5.74, 6) is 1.68. The summed E-state index contributed by atoms with van der Waals surface area (Å²) in [6.45, 7) is 5.38. The van der Waals surface area contributed by atoms with Crippen LogP contribution in [0.4, 0.5) is 0 Å². The van der Waals surface area contributed by atoms with Gasteiger partial charge < -0.3 is 19.1 Å². The second kappa shape index (κ2) is 11.1. The molecule has 0 atom stereocenters. The molecule has 0 saturated carbocycles. The van der Waals surface area contributed by atoms with Crippen LogP contribution in [0, 0.1) is 0 Å². The Morgan fingerprint density at radius 1 is 1.24 bits per heavy atom. The normalized spacial score (nSPS) is 14.6. The summed E-state index contributed by atoms with van der Waals surface area (Å²) in [4.78, 5) is 21.1. The van der Waals surface area contributed by atoms with Gasteiger partial charge in [0.05, 0.1) is 45.7 Å². The first-order chi connectivity index (χ1) is 14.1. The molecule has 0 bridgehead atoms. The molecule has 0 N–H and O–H groups in total. The highest BCUT2D eigenvalue weighted by Gasteiger charge is 2.15. The van der Waals surface area contributed by atoms with Crippen molar-refractivity contribution in [3.05, 3.63) is 40.3 Å². The van der Waals surface area contributed by atoms with Crippen molar-refractivity contribution in [3.63, 3.8) is 0 Å². The Bertz CT molecular complexity index is 760. The van der Waals surface area contributed by atoms with Crippen LogP contribution in [0.2, 0.25) is 0 Å². The topological polar surface area (TPSA) is 64.1 Å². The lowest BCUT2D eigenvalue weighted by atomic mass is 10.3. The number of hydrogen-bond acceptors (Lipinski definition) is 7. The molecule has 1 aromatic carbocycles. The van der Waals surface area contributed by atoms with Crippen LogP contribution in [0.3, 0.4) is 0 Å². The van der Waals surface area contributed by atoms with Crippen molar-refractivity contribution in [2.24, 2.45) is 0 Å². The number of amides is 1. The molecule has 3 rings (SSSR count). The van der Waals surface area contributed by atoms with Gasteiger partial charge in [0.25, 0.3) is 0 Å². The molecule has 2 heterocycles. The van der Waals surface area contributed by atoms with Gasteiger partial charge in [-0.1, -0.05) is 0 Å². The predicted octanol–water partition coefficient (Wildman–Crippen LogP) is 2.80. The number of ether oxygens (including phenoxy) is 3. The molecule has 0 radical (unpaired) electrons. The van der Waals surface area contributed by atoms with E-state index in [-0.39, 0.29) is 5.91 Å². The van der Waals surface area contributed by atoms with Gasteiger partial charge in [-0.05, 0) is 30.7 Å². The van der Waals surface area contributed by atoms with E-state index in [9.17, 15) is 4.79 Å². The quantitative estimate of drug-likeness (QED) is 0.552. The van der Waals surface area contributed by atoms with Gasteiger partial charge in [0.15, 0.2) is 0 Å². The van der Waals surface area contributed by atoms with Gasteiger partial charge in [0.2, 0.25) is 5.91 Å². The molecule has 1 saturated heterocycles. The fourth-order valence-corrected chi connectivity index (χ4v) is 3.88. The van der Waals surface area contributed by atoms with Crippen molar-refractivity contribution in [2.75, 3.05) is 47.1 Å². The molecule has 0 spiro atoms. The molecular weight excluding hydrogens is 390 g/mol. The van der Waals surface area contributed by atoms with E-state index >= 15 is 0 Å². The van der Waals surface area contributed by atoms with E-state index in [1.165, 1.54) is 0 Å². The van der Waals surface area contributed by atoms with Crippen LogP contribution in [0.15, 0.2) is 29.6 Å². The molecular formula is C21H29N3O4S. The maximum absolute atomic E-state index is 12.4. The molecule has 0 unspecified atom stereocenters. The fourth-order valence-electron chi connectivity index (χ4n) is 3.05. The number of carbonyl (C=O) groups excluding carboxylic acids is 1. The first-order valence-corrected chi connectivity index (χ1v) is 10.8. The number of thiazole rings is 1. The largest absolute Gasteiger partial charge is 0.497 e. The van der Waals surface area contributed by atoms with Gasteiger partial charge in [0.1, 0.15) is 16.5 Å². The Labute approximate surface area is 176 Å². The molecule has 1 aliphatic rings. The SMILES string of the molecule is COc1ccc(OCCCC(=O)N(C)Cc2csc(CN3CCOCC3)n2)cc1. The van der Waals surface area contributed by atoms with E-state index in [4.69, 9.17) is 14.2 Å². The highest BCUT2D eigenvalue weighted by atomic mass is 32.1. The number of benzene rings is 1. The Balaban J connectivity index is 1.35. The van der Waals surface area contributed by atoms with Crippen LogP contribution in [0.5, 0.6) is 11.5 Å². The van der Waals surface area contributed by atoms with Crippen molar-refractivity contribution in [2.45, 2.75) is 25.9 Å². The lowest BCUT2D eigenvalue weighted by molar-refractivity contribution is -0.130. The van der Waals surface area contributed by atoms with Crippen LogP contribution in [0.1, 0.15) is 23.5 Å². The maximum atomic E-state index is 12.4. The van der Waals surface area contributed by atoms with E-state index < -0.39 is 0 Å². The van der Waals surface area contributed by atoms with Crippen molar-refractivity contribution in [1.82, 2.24) is 14.8 Å². The van der Waals surface area contributed by atoms with Crippen molar-refractivity contribution in [3.8, 4) is 11.5 Å². The summed E-state index contributed by atoms with van der Waals surface area (Å²) in [5.41, 5.74) is 0.948. The molecule has 0 aliphatic carbocycles. The second-order valence-corrected chi connectivity index (χ2v) is 7.94. The van der Waals surface area contributed by atoms with E-state index in [0.717, 1.165) is 55.0 Å². The van der Waals surface area contributed by atoms with Gasteiger partial charge >= 0.3 is 0 Å². The molecule has 1 aliphatic heterocycles. The standard InChI is InChI=1S/C21H29N3O4S/c1-23(14-17-16-29-20(22-17)15-24-9-12-27-13-10-24)21(25)4-3-11-28-19-7-5-18(26-2)6-8-19/h5-8,16H,3-4,9-15H2,1-2H3. The average Bonchev–Trinajstić information content (AvgIpc) is 3.18. The first-order valence-electron chi connectivity index (χ1n) is 9.88. The zero-order valence-corrected chi connectivity index (χ0v) is 18.0. The molecule has 1 aromatic heterocycles. The Kier molecular flexibility index (Phi) is 8.27. The van der Waals surface area contributed by atoms with Crippen LogP contribution in [0.25, 0.3) is 0 Å². The number of nitrogens with zero attached hydrogens (tertiary/aromatic N) is 3. The number of aromatic nitrogens is 1. The molecule has 8 heteroatoms. The third-order valence-corrected chi connectivity index (χ3v) is 5.63. The molecule has 1 amide bonds. The minimum Gasteiger partial charge on any atom is -0.497 e. The van der Waals surface area contributed by atoms with Crippen molar-refractivity contribution in [1.29, 1.82) is 0 Å². The minimum absolute atomic E-state index is 0.103. The Morgan fingerprint density at radius 2 is 1.97 bits per heavy atom. The van der Waals surface area contributed by atoms with Crippen LogP contribution in [-0.2, 0) is 22.6 Å². The summed E-state index contributed by atoms with van der Waals surface area (Å²) in [7, 11) is 3.46. The highest BCUT2D eigenvalue weighted by Crippen LogP contribution is 2.18. The number of hydrogen-bond donors (Lipinski definition) is 0. The van der Waals surface area contributed by atoms with Crippen LogP contribution >= 0.6 is 11.3 Å². The van der Waals surface area contributed by atoms with E-state index in [0.29, 0.717) is 26.0 Å². The number of carbonyl (C=O) groups is 1. The molecule has 29 heavy (non-hydrogen) atoms. The van der Waals surface area contributed by atoms with E-state index in [1.54, 1.807) is 23.3 Å². The van der Waals surface area contributed by atoms with Crippen LogP contribution < -0.4 is 9.47 Å². The Hall–Kier alpha value is -2.16. The van der Waals surface area contributed by atoms with Gasteiger partial charge in [0, 0.05) is 31.9 Å². The molecule has 7 nitrogen and oxygen atoms in total. The third kappa shape index (κ3) is 6.99. The minimum atomic E-state index is 0.103. The van der Waals surface area contributed by atoms with Gasteiger partial charge in [-0.3, -0.25) is 9.69 Å². The van der Waals surface area contributed by atoms with Gasteiger partial charge in [-0.25, -0.2) is 4.98 Å².